The molecule has 0 unspecified atom stereocenters. The molecule has 0 aromatic heterocycles. The van der Waals surface area contributed by atoms with Gasteiger partial charge in [0, 0.05) is 30.8 Å². The van der Waals surface area contributed by atoms with Crippen molar-refractivity contribution in [2.24, 2.45) is 0 Å². The van der Waals surface area contributed by atoms with E-state index < -0.39 is 23.4 Å². The largest absolute Gasteiger partial charge is 0.497 e. The highest BCUT2D eigenvalue weighted by Gasteiger charge is 2.12. The molecule has 0 heterocycles. The van der Waals surface area contributed by atoms with Gasteiger partial charge in [0.2, 0.25) is 11.8 Å². The van der Waals surface area contributed by atoms with E-state index in [1.54, 1.807) is 24.3 Å². The molecule has 0 spiro atoms. The minimum atomic E-state index is -1.10. The van der Waals surface area contributed by atoms with E-state index in [0.29, 0.717) is 11.4 Å². The van der Waals surface area contributed by atoms with Gasteiger partial charge in [-0.3, -0.25) is 9.59 Å². The zero-order valence-electron chi connectivity index (χ0n) is 13.7. The van der Waals surface area contributed by atoms with Gasteiger partial charge in [0.05, 0.1) is 25.0 Å². The Morgan fingerprint density at radius 1 is 1.04 bits per heavy atom. The van der Waals surface area contributed by atoms with Gasteiger partial charge in [-0.2, -0.15) is 0 Å². The number of hydrogen-bond acceptors (Lipinski definition) is 4. The predicted molar refractivity (Wildman–Crippen MR) is 90.8 cm³/mol. The average molecular weight is 349 g/mol. The van der Waals surface area contributed by atoms with Crippen LogP contribution in [0.1, 0.15) is 6.92 Å². The van der Waals surface area contributed by atoms with Crippen molar-refractivity contribution in [1.29, 1.82) is 0 Å². The van der Waals surface area contributed by atoms with E-state index in [1.165, 1.54) is 14.0 Å². The number of anilines is 3. The summed E-state index contributed by atoms with van der Waals surface area (Å²) in [5.41, 5.74) is 0.661. The van der Waals surface area contributed by atoms with Gasteiger partial charge in [0.15, 0.2) is 11.6 Å². The number of nitrogens with one attached hydrogen (secondary N) is 3. The zero-order valence-corrected chi connectivity index (χ0v) is 13.7. The highest BCUT2D eigenvalue weighted by Crippen LogP contribution is 2.25. The molecule has 0 bridgehead atoms. The van der Waals surface area contributed by atoms with Crippen LogP contribution in [-0.2, 0) is 9.59 Å². The summed E-state index contributed by atoms with van der Waals surface area (Å²) in [6, 6.07) is 8.48. The lowest BCUT2D eigenvalue weighted by Gasteiger charge is -2.13. The first-order valence-electron chi connectivity index (χ1n) is 7.33. The normalized spacial score (nSPS) is 10.1. The second kappa shape index (κ2) is 8.09. The van der Waals surface area contributed by atoms with Crippen molar-refractivity contribution in [3.8, 4) is 5.75 Å². The Kier molecular flexibility index (Phi) is 5.89. The monoisotopic (exact) mass is 349 g/mol. The number of carbonyl (C=O) groups excluding carboxylic acids is 2. The first-order chi connectivity index (χ1) is 11.9. The Labute approximate surface area is 143 Å². The van der Waals surface area contributed by atoms with Crippen molar-refractivity contribution in [2.45, 2.75) is 6.92 Å². The van der Waals surface area contributed by atoms with Crippen molar-refractivity contribution in [3.63, 3.8) is 0 Å². The lowest BCUT2D eigenvalue weighted by atomic mass is 10.2. The first-order valence-corrected chi connectivity index (χ1v) is 7.33. The van der Waals surface area contributed by atoms with Crippen molar-refractivity contribution in [2.75, 3.05) is 29.6 Å². The summed E-state index contributed by atoms with van der Waals surface area (Å²) in [6.07, 6.45) is 0. The van der Waals surface area contributed by atoms with E-state index >= 15 is 0 Å². The van der Waals surface area contributed by atoms with Crippen molar-refractivity contribution < 1.29 is 23.1 Å². The molecule has 6 nitrogen and oxygen atoms in total. The van der Waals surface area contributed by atoms with E-state index in [0.717, 1.165) is 12.1 Å². The summed E-state index contributed by atoms with van der Waals surface area (Å²) in [5, 5.41) is 7.68. The third-order valence-electron chi connectivity index (χ3n) is 3.16. The maximum absolute atomic E-state index is 13.4. The maximum atomic E-state index is 13.4. The zero-order chi connectivity index (χ0) is 18.4. The van der Waals surface area contributed by atoms with Crippen LogP contribution in [0.15, 0.2) is 36.4 Å². The van der Waals surface area contributed by atoms with Crippen LogP contribution in [0.25, 0.3) is 0 Å². The maximum Gasteiger partial charge on any atom is 0.243 e. The van der Waals surface area contributed by atoms with E-state index in [4.69, 9.17) is 4.74 Å². The molecule has 132 valence electrons. The number of carbonyl (C=O) groups is 2. The van der Waals surface area contributed by atoms with Gasteiger partial charge in [0.25, 0.3) is 0 Å². The molecular weight excluding hydrogens is 332 g/mol. The summed E-state index contributed by atoms with van der Waals surface area (Å²) < 4.78 is 31.8. The summed E-state index contributed by atoms with van der Waals surface area (Å²) in [5.74, 6) is -2.47. The van der Waals surface area contributed by atoms with Crippen LogP contribution in [0.2, 0.25) is 0 Å². The second-order valence-corrected chi connectivity index (χ2v) is 5.13. The molecule has 0 atom stereocenters. The van der Waals surface area contributed by atoms with Crippen LogP contribution in [0.5, 0.6) is 5.75 Å². The quantitative estimate of drug-likeness (QED) is 0.749. The number of benzene rings is 2. The molecule has 0 aliphatic carbocycles. The third kappa shape index (κ3) is 5.17. The molecule has 2 rings (SSSR count). The van der Waals surface area contributed by atoms with Crippen LogP contribution >= 0.6 is 0 Å². The molecule has 8 heteroatoms. The fourth-order valence-corrected chi connectivity index (χ4v) is 2.07. The number of hydrogen-bond donors (Lipinski definition) is 3. The van der Waals surface area contributed by atoms with E-state index in [9.17, 15) is 18.4 Å². The number of methoxy groups -OCH3 is 1. The summed E-state index contributed by atoms with van der Waals surface area (Å²) in [7, 11) is 1.51. The van der Waals surface area contributed by atoms with Gasteiger partial charge < -0.3 is 20.7 Å². The van der Waals surface area contributed by atoms with Crippen LogP contribution in [0, 0.1) is 11.6 Å². The third-order valence-corrected chi connectivity index (χ3v) is 3.16. The van der Waals surface area contributed by atoms with E-state index in [2.05, 4.69) is 16.0 Å². The predicted octanol–water partition coefficient (Wildman–Crippen LogP) is 2.98. The Balaban J connectivity index is 2.05. The van der Waals surface area contributed by atoms with Crippen LogP contribution in [0.4, 0.5) is 25.8 Å². The number of rotatable bonds is 6. The SMILES string of the molecule is COc1cccc(NC(=O)CNc2cc(F)c(F)cc2NC(C)=O)c1. The van der Waals surface area contributed by atoms with Crippen molar-refractivity contribution in [3.05, 3.63) is 48.0 Å². The van der Waals surface area contributed by atoms with Crippen LogP contribution < -0.4 is 20.7 Å². The highest BCUT2D eigenvalue weighted by atomic mass is 19.2. The van der Waals surface area contributed by atoms with Gasteiger partial charge in [-0.25, -0.2) is 8.78 Å². The lowest BCUT2D eigenvalue weighted by molar-refractivity contribution is -0.115. The van der Waals surface area contributed by atoms with E-state index in [1.807, 2.05) is 0 Å². The van der Waals surface area contributed by atoms with Gasteiger partial charge >= 0.3 is 0 Å². The summed E-state index contributed by atoms with van der Waals surface area (Å²) in [4.78, 5) is 23.2. The Morgan fingerprint density at radius 2 is 1.72 bits per heavy atom. The molecule has 0 aliphatic rings. The molecule has 0 aliphatic heterocycles. The first kappa shape index (κ1) is 18.2. The van der Waals surface area contributed by atoms with Gasteiger partial charge in [-0.15, -0.1) is 0 Å². The molecule has 25 heavy (non-hydrogen) atoms. The van der Waals surface area contributed by atoms with E-state index in [-0.39, 0.29) is 17.9 Å². The summed E-state index contributed by atoms with van der Waals surface area (Å²) >= 11 is 0. The van der Waals surface area contributed by atoms with Crippen LogP contribution in [0.3, 0.4) is 0 Å². The number of halogens is 2. The van der Waals surface area contributed by atoms with Gasteiger partial charge in [0.1, 0.15) is 5.75 Å². The van der Waals surface area contributed by atoms with Crippen molar-refractivity contribution >= 4 is 28.9 Å². The molecule has 2 aromatic rings. The molecule has 2 aromatic carbocycles. The van der Waals surface area contributed by atoms with Crippen LogP contribution in [-0.4, -0.2) is 25.5 Å². The van der Waals surface area contributed by atoms with Crippen molar-refractivity contribution in [1.82, 2.24) is 0 Å². The lowest BCUT2D eigenvalue weighted by Crippen LogP contribution is -2.22. The fourth-order valence-electron chi connectivity index (χ4n) is 2.07. The minimum Gasteiger partial charge on any atom is -0.497 e. The standard InChI is InChI=1S/C17H17F2N3O3/c1-10(23)21-16-8-14(19)13(18)7-15(16)20-9-17(24)22-11-4-3-5-12(6-11)25-2/h3-8,20H,9H2,1-2H3,(H,21,23)(H,22,24). The molecule has 0 saturated carbocycles. The molecule has 0 radical (unpaired) electrons. The Bertz CT molecular complexity index is 797. The summed E-state index contributed by atoms with van der Waals surface area (Å²) in [6.45, 7) is 1.02. The smallest absolute Gasteiger partial charge is 0.243 e. The van der Waals surface area contributed by atoms with Gasteiger partial charge in [-0.1, -0.05) is 6.07 Å². The van der Waals surface area contributed by atoms with Gasteiger partial charge in [-0.05, 0) is 12.1 Å². The Morgan fingerprint density at radius 3 is 2.36 bits per heavy atom. The second-order valence-electron chi connectivity index (χ2n) is 5.13. The Hall–Kier alpha value is -3.16. The highest BCUT2D eigenvalue weighted by molar-refractivity contribution is 5.96. The molecule has 0 saturated heterocycles. The molecule has 2 amide bonds. The minimum absolute atomic E-state index is 0.0422. The molecule has 0 fully saturated rings. The molecular formula is C17H17F2N3O3. The molecule has 3 N–H and O–H groups in total. The average Bonchev–Trinajstić information content (AvgIpc) is 2.56. The fraction of sp³-hybridized carbons (Fsp3) is 0.176. The number of ether oxygens (including phenoxy) is 1. The topological polar surface area (TPSA) is 79.5 Å². The number of amides is 2.